The van der Waals surface area contributed by atoms with E-state index in [9.17, 15) is 0 Å². The minimum Gasteiger partial charge on any atom is -0.396 e. The van der Waals surface area contributed by atoms with E-state index in [0.717, 1.165) is 36.8 Å². The molecule has 110 valence electrons. The lowest BCUT2D eigenvalue weighted by molar-refractivity contribution is 0.185. The maximum Gasteiger partial charge on any atom is 0.222 e. The average Bonchev–Trinajstić information content (AvgIpc) is 2.57. The molecule has 1 aromatic carbocycles. The van der Waals surface area contributed by atoms with E-state index < -0.39 is 0 Å². The van der Waals surface area contributed by atoms with E-state index in [2.05, 4.69) is 27.4 Å². The first-order chi connectivity index (χ1) is 10.3. The molecule has 0 spiro atoms. The highest BCUT2D eigenvalue weighted by atomic mass is 16.3. The number of nitrogens with zero attached hydrogens (tertiary/aromatic N) is 2. The molecule has 2 N–H and O–H groups in total. The van der Waals surface area contributed by atoms with E-state index in [0.29, 0.717) is 24.5 Å². The normalized spacial score (nSPS) is 22.0. The molecule has 0 aliphatic heterocycles. The van der Waals surface area contributed by atoms with Crippen LogP contribution in [0.2, 0.25) is 0 Å². The average molecular weight is 283 g/mol. The number of aliphatic hydroxyl groups is 1. The van der Waals surface area contributed by atoms with Gasteiger partial charge in [-0.05, 0) is 37.2 Å². The molecule has 1 aliphatic rings. The molecule has 1 aromatic heterocycles. The molecule has 2 aromatic rings. The van der Waals surface area contributed by atoms with Gasteiger partial charge in [0.1, 0.15) is 0 Å². The Kier molecular flexibility index (Phi) is 4.46. The van der Waals surface area contributed by atoms with Crippen molar-refractivity contribution in [3.8, 4) is 11.1 Å². The predicted octanol–water partition coefficient (Wildman–Crippen LogP) is 3.11. The molecule has 0 unspecified atom stereocenters. The smallest absolute Gasteiger partial charge is 0.222 e. The standard InChI is InChI=1S/C17H21N3O/c21-12-13-6-8-16(9-7-13)20-17-18-10-15(11-19-17)14-4-2-1-3-5-14/h1-5,10-11,13,16,21H,6-9,12H2,(H,18,19,20)/t13-,16-. The van der Waals surface area contributed by atoms with Gasteiger partial charge in [0.15, 0.2) is 0 Å². The zero-order chi connectivity index (χ0) is 14.5. The third-order valence-corrected chi connectivity index (χ3v) is 4.20. The molecule has 0 amide bonds. The summed E-state index contributed by atoms with van der Waals surface area (Å²) in [6.45, 7) is 0.314. The van der Waals surface area contributed by atoms with Crippen molar-refractivity contribution in [2.24, 2.45) is 5.92 Å². The Morgan fingerprint density at radius 2 is 1.62 bits per heavy atom. The number of aromatic nitrogens is 2. The second-order valence-electron chi connectivity index (χ2n) is 5.71. The number of anilines is 1. The predicted molar refractivity (Wildman–Crippen MR) is 83.9 cm³/mol. The number of nitrogens with one attached hydrogen (secondary N) is 1. The molecule has 1 aliphatic carbocycles. The Morgan fingerprint density at radius 3 is 2.24 bits per heavy atom. The number of aliphatic hydroxyl groups excluding tert-OH is 1. The third kappa shape index (κ3) is 3.58. The minimum atomic E-state index is 0.314. The molecule has 4 nitrogen and oxygen atoms in total. The van der Waals surface area contributed by atoms with Crippen LogP contribution in [0, 0.1) is 5.92 Å². The van der Waals surface area contributed by atoms with Crippen LogP contribution in [0.4, 0.5) is 5.95 Å². The lowest BCUT2D eigenvalue weighted by Crippen LogP contribution is -2.28. The molecule has 1 heterocycles. The SMILES string of the molecule is OC[C@H]1CC[C@H](Nc2ncc(-c3ccccc3)cn2)CC1. The summed E-state index contributed by atoms with van der Waals surface area (Å²) in [5, 5.41) is 12.6. The van der Waals surface area contributed by atoms with Crippen molar-refractivity contribution in [1.82, 2.24) is 9.97 Å². The summed E-state index contributed by atoms with van der Waals surface area (Å²) in [4.78, 5) is 8.83. The Hall–Kier alpha value is -1.94. The molecule has 0 radical (unpaired) electrons. The molecule has 0 atom stereocenters. The van der Waals surface area contributed by atoms with Gasteiger partial charge in [-0.15, -0.1) is 0 Å². The van der Waals surface area contributed by atoms with E-state index in [-0.39, 0.29) is 0 Å². The van der Waals surface area contributed by atoms with E-state index >= 15 is 0 Å². The number of hydrogen-bond donors (Lipinski definition) is 2. The molecular weight excluding hydrogens is 262 g/mol. The van der Waals surface area contributed by atoms with Crippen LogP contribution in [-0.4, -0.2) is 27.7 Å². The Morgan fingerprint density at radius 1 is 0.952 bits per heavy atom. The minimum absolute atomic E-state index is 0.314. The Bertz CT molecular complexity index is 548. The van der Waals surface area contributed by atoms with Crippen molar-refractivity contribution in [2.75, 3.05) is 11.9 Å². The summed E-state index contributed by atoms with van der Waals surface area (Å²) < 4.78 is 0. The molecule has 0 saturated heterocycles. The van der Waals surface area contributed by atoms with Crippen molar-refractivity contribution in [2.45, 2.75) is 31.7 Å². The first kappa shape index (κ1) is 14.0. The van der Waals surface area contributed by atoms with Crippen molar-refractivity contribution in [3.05, 3.63) is 42.7 Å². The fraction of sp³-hybridized carbons (Fsp3) is 0.412. The third-order valence-electron chi connectivity index (χ3n) is 4.20. The van der Waals surface area contributed by atoms with E-state index in [4.69, 9.17) is 5.11 Å². The van der Waals surface area contributed by atoms with E-state index in [1.165, 1.54) is 0 Å². The Balaban J connectivity index is 1.60. The molecule has 0 bridgehead atoms. The van der Waals surface area contributed by atoms with Crippen LogP contribution in [0.1, 0.15) is 25.7 Å². The molecule has 1 saturated carbocycles. The van der Waals surface area contributed by atoms with E-state index in [1.54, 1.807) is 0 Å². The highest BCUT2D eigenvalue weighted by Gasteiger charge is 2.20. The lowest BCUT2D eigenvalue weighted by atomic mass is 9.87. The molecule has 4 heteroatoms. The van der Waals surface area contributed by atoms with Crippen LogP contribution in [0.25, 0.3) is 11.1 Å². The number of rotatable bonds is 4. The number of benzene rings is 1. The summed E-state index contributed by atoms with van der Waals surface area (Å²) in [6.07, 6.45) is 8.05. The van der Waals surface area contributed by atoms with Gasteiger partial charge in [0, 0.05) is 30.6 Å². The van der Waals surface area contributed by atoms with Crippen LogP contribution >= 0.6 is 0 Å². The topological polar surface area (TPSA) is 58.0 Å². The van der Waals surface area contributed by atoms with Crippen LogP contribution in [0.5, 0.6) is 0 Å². The Labute approximate surface area is 125 Å². The van der Waals surface area contributed by atoms with Gasteiger partial charge < -0.3 is 10.4 Å². The molecular formula is C17H21N3O. The van der Waals surface area contributed by atoms with Crippen LogP contribution in [0.15, 0.2) is 42.7 Å². The summed E-state index contributed by atoms with van der Waals surface area (Å²) in [5.74, 6) is 1.17. The van der Waals surface area contributed by atoms with E-state index in [1.807, 2.05) is 30.6 Å². The highest BCUT2D eigenvalue weighted by molar-refractivity contribution is 5.61. The second-order valence-corrected chi connectivity index (χ2v) is 5.71. The second kappa shape index (κ2) is 6.68. The summed E-state index contributed by atoms with van der Waals surface area (Å²) in [6, 6.07) is 10.6. The van der Waals surface area contributed by atoms with Gasteiger partial charge in [-0.1, -0.05) is 30.3 Å². The fourth-order valence-corrected chi connectivity index (χ4v) is 2.85. The summed E-state index contributed by atoms with van der Waals surface area (Å²) in [7, 11) is 0. The van der Waals surface area contributed by atoms with Gasteiger partial charge in [0.25, 0.3) is 0 Å². The van der Waals surface area contributed by atoms with Crippen LogP contribution in [0.3, 0.4) is 0 Å². The first-order valence-corrected chi connectivity index (χ1v) is 7.60. The number of hydrogen-bond acceptors (Lipinski definition) is 4. The van der Waals surface area contributed by atoms with Gasteiger partial charge >= 0.3 is 0 Å². The first-order valence-electron chi connectivity index (χ1n) is 7.60. The zero-order valence-corrected chi connectivity index (χ0v) is 12.1. The van der Waals surface area contributed by atoms with Gasteiger partial charge in [-0.3, -0.25) is 0 Å². The van der Waals surface area contributed by atoms with Crippen molar-refractivity contribution in [3.63, 3.8) is 0 Å². The van der Waals surface area contributed by atoms with Crippen LogP contribution in [-0.2, 0) is 0 Å². The molecule has 1 fully saturated rings. The zero-order valence-electron chi connectivity index (χ0n) is 12.1. The molecule has 3 rings (SSSR count). The monoisotopic (exact) mass is 283 g/mol. The van der Waals surface area contributed by atoms with Gasteiger partial charge in [0.2, 0.25) is 5.95 Å². The van der Waals surface area contributed by atoms with Gasteiger partial charge in [0.05, 0.1) is 0 Å². The quantitative estimate of drug-likeness (QED) is 0.905. The summed E-state index contributed by atoms with van der Waals surface area (Å²) >= 11 is 0. The largest absolute Gasteiger partial charge is 0.396 e. The molecule has 21 heavy (non-hydrogen) atoms. The maximum absolute atomic E-state index is 9.16. The van der Waals surface area contributed by atoms with Crippen molar-refractivity contribution < 1.29 is 5.11 Å². The van der Waals surface area contributed by atoms with Crippen molar-refractivity contribution in [1.29, 1.82) is 0 Å². The maximum atomic E-state index is 9.16. The van der Waals surface area contributed by atoms with Crippen molar-refractivity contribution >= 4 is 5.95 Å². The van der Waals surface area contributed by atoms with Gasteiger partial charge in [-0.25, -0.2) is 9.97 Å². The van der Waals surface area contributed by atoms with Crippen LogP contribution < -0.4 is 5.32 Å². The lowest BCUT2D eigenvalue weighted by Gasteiger charge is -2.27. The summed E-state index contributed by atoms with van der Waals surface area (Å²) in [5.41, 5.74) is 2.16. The van der Waals surface area contributed by atoms with Gasteiger partial charge in [-0.2, -0.15) is 0 Å². The highest BCUT2D eigenvalue weighted by Crippen LogP contribution is 2.25. The fourth-order valence-electron chi connectivity index (χ4n) is 2.85.